The number of anilines is 1. The van der Waals surface area contributed by atoms with E-state index in [0.29, 0.717) is 11.9 Å². The molecule has 0 aliphatic heterocycles. The molecular formula is C13H20N2O. The third-order valence-corrected chi connectivity index (χ3v) is 3.24. The molecule has 1 aromatic rings. The first-order valence-corrected chi connectivity index (χ1v) is 5.96. The van der Waals surface area contributed by atoms with Gasteiger partial charge in [0.05, 0.1) is 12.8 Å². The van der Waals surface area contributed by atoms with Gasteiger partial charge in [-0.15, -0.1) is 0 Å². The van der Waals surface area contributed by atoms with E-state index in [1.54, 1.807) is 7.11 Å². The number of methoxy groups -OCH3 is 1. The van der Waals surface area contributed by atoms with Gasteiger partial charge in [-0.1, -0.05) is 6.92 Å². The third kappa shape index (κ3) is 2.46. The molecular weight excluding hydrogens is 200 g/mol. The SMILES string of the molecule is COc1ncc(C)cc1NC1CCC(C)C1. The van der Waals surface area contributed by atoms with Crippen LogP contribution in [0, 0.1) is 12.8 Å². The fourth-order valence-corrected chi connectivity index (χ4v) is 2.38. The van der Waals surface area contributed by atoms with Gasteiger partial charge >= 0.3 is 0 Å². The van der Waals surface area contributed by atoms with Crippen molar-refractivity contribution in [3.63, 3.8) is 0 Å². The van der Waals surface area contributed by atoms with Crippen LogP contribution in [-0.2, 0) is 0 Å². The average molecular weight is 220 g/mol. The number of rotatable bonds is 3. The molecule has 0 radical (unpaired) electrons. The number of nitrogens with one attached hydrogen (secondary N) is 1. The van der Waals surface area contributed by atoms with E-state index in [4.69, 9.17) is 4.74 Å². The number of hydrogen-bond acceptors (Lipinski definition) is 3. The maximum Gasteiger partial charge on any atom is 0.237 e. The largest absolute Gasteiger partial charge is 0.480 e. The van der Waals surface area contributed by atoms with Crippen LogP contribution in [0.2, 0.25) is 0 Å². The highest BCUT2D eigenvalue weighted by molar-refractivity contribution is 5.54. The molecule has 0 amide bonds. The van der Waals surface area contributed by atoms with E-state index in [1.165, 1.54) is 19.3 Å². The van der Waals surface area contributed by atoms with E-state index >= 15 is 0 Å². The predicted molar refractivity (Wildman–Crippen MR) is 66.0 cm³/mol. The van der Waals surface area contributed by atoms with Gasteiger partial charge in [0.2, 0.25) is 5.88 Å². The first kappa shape index (κ1) is 11.2. The van der Waals surface area contributed by atoms with Gasteiger partial charge in [0.1, 0.15) is 0 Å². The van der Waals surface area contributed by atoms with Crippen molar-refractivity contribution in [3.05, 3.63) is 17.8 Å². The molecule has 1 aliphatic rings. The van der Waals surface area contributed by atoms with Crippen LogP contribution in [0.5, 0.6) is 5.88 Å². The smallest absolute Gasteiger partial charge is 0.237 e. The second kappa shape index (κ2) is 4.73. The first-order valence-electron chi connectivity index (χ1n) is 5.96. The maximum atomic E-state index is 5.26. The molecule has 3 heteroatoms. The molecule has 16 heavy (non-hydrogen) atoms. The highest BCUT2D eigenvalue weighted by Gasteiger charge is 2.22. The van der Waals surface area contributed by atoms with Gasteiger partial charge in [0.15, 0.2) is 0 Å². The monoisotopic (exact) mass is 220 g/mol. The average Bonchev–Trinajstić information content (AvgIpc) is 2.64. The lowest BCUT2D eigenvalue weighted by Gasteiger charge is -2.16. The van der Waals surface area contributed by atoms with Crippen LogP contribution >= 0.6 is 0 Å². The molecule has 1 N–H and O–H groups in total. The van der Waals surface area contributed by atoms with Gasteiger partial charge < -0.3 is 10.1 Å². The van der Waals surface area contributed by atoms with E-state index < -0.39 is 0 Å². The van der Waals surface area contributed by atoms with Crippen LogP contribution in [0.4, 0.5) is 5.69 Å². The highest BCUT2D eigenvalue weighted by Crippen LogP contribution is 2.30. The Balaban J connectivity index is 2.10. The Morgan fingerprint density at radius 1 is 1.44 bits per heavy atom. The van der Waals surface area contributed by atoms with Gasteiger partial charge in [-0.05, 0) is 43.7 Å². The number of pyridine rings is 1. The van der Waals surface area contributed by atoms with Gasteiger partial charge in [0.25, 0.3) is 0 Å². The summed E-state index contributed by atoms with van der Waals surface area (Å²) in [7, 11) is 1.67. The Labute approximate surface area is 97.2 Å². The Morgan fingerprint density at radius 3 is 2.88 bits per heavy atom. The molecule has 1 fully saturated rings. The fourth-order valence-electron chi connectivity index (χ4n) is 2.38. The van der Waals surface area contributed by atoms with Crippen molar-refractivity contribution in [2.45, 2.75) is 39.2 Å². The summed E-state index contributed by atoms with van der Waals surface area (Å²) < 4.78 is 5.26. The molecule has 2 rings (SSSR count). The quantitative estimate of drug-likeness (QED) is 0.850. The summed E-state index contributed by atoms with van der Waals surface area (Å²) in [6.45, 7) is 4.36. The summed E-state index contributed by atoms with van der Waals surface area (Å²) in [6.07, 6.45) is 5.65. The van der Waals surface area contributed by atoms with Crippen molar-refractivity contribution in [1.82, 2.24) is 4.98 Å². The Kier molecular flexibility index (Phi) is 3.32. The van der Waals surface area contributed by atoms with Gasteiger partial charge in [-0.25, -0.2) is 4.98 Å². The molecule has 0 spiro atoms. The first-order chi connectivity index (χ1) is 7.69. The molecule has 3 nitrogen and oxygen atoms in total. The topological polar surface area (TPSA) is 34.1 Å². The molecule has 0 aromatic carbocycles. The zero-order chi connectivity index (χ0) is 11.5. The van der Waals surface area contributed by atoms with Crippen LogP contribution in [-0.4, -0.2) is 18.1 Å². The minimum absolute atomic E-state index is 0.576. The fraction of sp³-hybridized carbons (Fsp3) is 0.615. The summed E-state index contributed by atoms with van der Waals surface area (Å²) in [5.74, 6) is 1.53. The normalized spacial score (nSPS) is 24.4. The summed E-state index contributed by atoms with van der Waals surface area (Å²) in [4.78, 5) is 4.27. The Morgan fingerprint density at radius 2 is 2.25 bits per heavy atom. The summed E-state index contributed by atoms with van der Waals surface area (Å²) >= 11 is 0. The van der Waals surface area contributed by atoms with E-state index in [2.05, 4.69) is 30.2 Å². The Bertz CT molecular complexity index is 365. The van der Waals surface area contributed by atoms with Crippen LogP contribution < -0.4 is 10.1 Å². The highest BCUT2D eigenvalue weighted by atomic mass is 16.5. The summed E-state index contributed by atoms with van der Waals surface area (Å²) in [5.41, 5.74) is 2.19. The lowest BCUT2D eigenvalue weighted by atomic mass is 10.1. The van der Waals surface area contributed by atoms with Crippen molar-refractivity contribution >= 4 is 5.69 Å². The molecule has 1 saturated carbocycles. The van der Waals surface area contributed by atoms with Crippen molar-refractivity contribution in [1.29, 1.82) is 0 Å². The standard InChI is InChI=1S/C13H20N2O/c1-9-4-5-11(6-9)15-12-7-10(2)8-14-13(12)16-3/h7-9,11,15H,4-6H2,1-3H3. The molecule has 88 valence electrons. The minimum Gasteiger partial charge on any atom is -0.480 e. The van der Waals surface area contributed by atoms with E-state index in [1.807, 2.05) is 6.20 Å². The van der Waals surface area contributed by atoms with Gasteiger partial charge in [-0.3, -0.25) is 0 Å². The third-order valence-electron chi connectivity index (χ3n) is 3.24. The zero-order valence-electron chi connectivity index (χ0n) is 10.3. The van der Waals surface area contributed by atoms with Gasteiger partial charge in [-0.2, -0.15) is 0 Å². The second-order valence-corrected chi connectivity index (χ2v) is 4.83. The van der Waals surface area contributed by atoms with Crippen molar-refractivity contribution in [2.75, 3.05) is 12.4 Å². The minimum atomic E-state index is 0.576. The van der Waals surface area contributed by atoms with Crippen molar-refractivity contribution in [2.24, 2.45) is 5.92 Å². The van der Waals surface area contributed by atoms with Crippen molar-refractivity contribution < 1.29 is 4.74 Å². The van der Waals surface area contributed by atoms with Crippen LogP contribution in [0.3, 0.4) is 0 Å². The van der Waals surface area contributed by atoms with Crippen molar-refractivity contribution in [3.8, 4) is 5.88 Å². The predicted octanol–water partition coefficient (Wildman–Crippen LogP) is 3.00. The van der Waals surface area contributed by atoms with E-state index in [-0.39, 0.29) is 0 Å². The molecule has 1 aliphatic carbocycles. The molecule has 0 bridgehead atoms. The lowest BCUT2D eigenvalue weighted by Crippen LogP contribution is -2.16. The lowest BCUT2D eigenvalue weighted by molar-refractivity contribution is 0.399. The summed E-state index contributed by atoms with van der Waals surface area (Å²) in [6, 6.07) is 2.68. The van der Waals surface area contributed by atoms with Crippen LogP contribution in [0.1, 0.15) is 31.7 Å². The number of ether oxygens (including phenoxy) is 1. The molecule has 2 atom stereocenters. The van der Waals surface area contributed by atoms with E-state index in [9.17, 15) is 0 Å². The molecule has 2 unspecified atom stereocenters. The van der Waals surface area contributed by atoms with Crippen LogP contribution in [0.15, 0.2) is 12.3 Å². The Hall–Kier alpha value is -1.25. The number of aryl methyl sites for hydroxylation is 1. The molecule has 1 heterocycles. The number of aromatic nitrogens is 1. The zero-order valence-corrected chi connectivity index (χ0v) is 10.3. The molecule has 0 saturated heterocycles. The van der Waals surface area contributed by atoms with E-state index in [0.717, 1.165) is 17.2 Å². The summed E-state index contributed by atoms with van der Waals surface area (Å²) in [5, 5.41) is 3.54. The second-order valence-electron chi connectivity index (χ2n) is 4.83. The molecule has 1 aromatic heterocycles. The number of hydrogen-bond donors (Lipinski definition) is 1. The van der Waals surface area contributed by atoms with Crippen LogP contribution in [0.25, 0.3) is 0 Å². The van der Waals surface area contributed by atoms with Gasteiger partial charge in [0, 0.05) is 12.2 Å². The number of nitrogens with zero attached hydrogens (tertiary/aromatic N) is 1. The maximum absolute atomic E-state index is 5.26.